The summed E-state index contributed by atoms with van der Waals surface area (Å²) >= 11 is 0. The Hall–Kier alpha value is -2.87. The Kier molecular flexibility index (Phi) is 7.30. The van der Waals surface area contributed by atoms with E-state index in [4.69, 9.17) is 5.11 Å². The Morgan fingerprint density at radius 2 is 1.78 bits per heavy atom. The number of nitrogens with zero attached hydrogens (tertiary/aromatic N) is 5. The van der Waals surface area contributed by atoms with Gasteiger partial charge in [-0.3, -0.25) is 4.90 Å². The van der Waals surface area contributed by atoms with E-state index < -0.39 is 5.97 Å². The van der Waals surface area contributed by atoms with Crippen molar-refractivity contribution in [2.45, 2.75) is 96.3 Å². The lowest BCUT2D eigenvalue weighted by Crippen LogP contribution is -2.53. The summed E-state index contributed by atoms with van der Waals surface area (Å²) in [6.45, 7) is 10.4. The van der Waals surface area contributed by atoms with Crippen molar-refractivity contribution in [3.05, 3.63) is 47.3 Å². The molecule has 3 fully saturated rings. The summed E-state index contributed by atoms with van der Waals surface area (Å²) in [5.74, 6) is -1.12. The highest BCUT2D eigenvalue weighted by Gasteiger charge is 2.44. The van der Waals surface area contributed by atoms with Crippen molar-refractivity contribution in [2.24, 2.45) is 0 Å². The molecule has 4 heterocycles. The molecule has 8 heteroatoms. The fourth-order valence-electron chi connectivity index (χ4n) is 6.91. The molecular formula is C29H41N5O3. The number of rotatable bonds is 6. The van der Waals surface area contributed by atoms with E-state index in [0.717, 1.165) is 43.5 Å². The molecule has 8 nitrogen and oxygen atoms in total. The highest BCUT2D eigenvalue weighted by atomic mass is 16.4. The predicted octanol–water partition coefficient (Wildman–Crippen LogP) is 5.01. The third kappa shape index (κ3) is 5.00. The second-order valence-corrected chi connectivity index (χ2v) is 11.4. The number of amides is 1. The first-order valence-electron chi connectivity index (χ1n) is 14.0. The van der Waals surface area contributed by atoms with E-state index in [1.54, 1.807) is 0 Å². The van der Waals surface area contributed by atoms with E-state index >= 15 is 0 Å². The van der Waals surface area contributed by atoms with Gasteiger partial charge in [0, 0.05) is 49.1 Å². The second kappa shape index (κ2) is 10.5. The topological polar surface area (TPSA) is 81.9 Å². The highest BCUT2D eigenvalue weighted by molar-refractivity contribution is 5.86. The molecular weight excluding hydrogens is 466 g/mol. The summed E-state index contributed by atoms with van der Waals surface area (Å²) < 4.78 is 1.16. The highest BCUT2D eigenvalue weighted by Crippen LogP contribution is 2.41. The maximum absolute atomic E-state index is 13.0. The van der Waals surface area contributed by atoms with Gasteiger partial charge >= 0.3 is 12.0 Å². The van der Waals surface area contributed by atoms with Gasteiger partial charge in [0.05, 0.1) is 0 Å². The Morgan fingerprint density at radius 3 is 2.43 bits per heavy atom. The van der Waals surface area contributed by atoms with Crippen LogP contribution in [0.5, 0.6) is 0 Å². The van der Waals surface area contributed by atoms with Crippen molar-refractivity contribution >= 4 is 17.7 Å². The molecule has 2 aromatic rings. The Labute approximate surface area is 220 Å². The number of benzene rings is 1. The standard InChI is InChI=1S/C29H41N5O3/c1-4-6-23-9-10-24(26(19-23)34-21(2)7-8-22(34)3)20-32-15-5-12-29(32)13-17-31(18-14-29)28(37)33-16-11-25(30-33)27(35)36/h9-11,16,19,21-22H,4-8,12-15,17-18,20H2,1-3H3,(H,35,36). The Balaban J connectivity index is 1.31. The molecule has 3 aliphatic rings. The number of hydrogen-bond acceptors (Lipinski definition) is 5. The second-order valence-electron chi connectivity index (χ2n) is 11.4. The Bertz CT molecular complexity index is 1130. The fourth-order valence-corrected chi connectivity index (χ4v) is 6.91. The zero-order valence-corrected chi connectivity index (χ0v) is 22.5. The molecule has 1 aromatic carbocycles. The number of hydrogen-bond donors (Lipinski definition) is 1. The SMILES string of the molecule is CCCc1ccc(CN2CCCC23CCN(C(=O)n2ccc(C(=O)O)n2)CC3)c(N2C(C)CCC2C)c1. The number of aromatic nitrogens is 2. The van der Waals surface area contributed by atoms with Crippen molar-refractivity contribution in [1.29, 1.82) is 0 Å². The quantitative estimate of drug-likeness (QED) is 0.592. The first-order valence-corrected chi connectivity index (χ1v) is 14.0. The van der Waals surface area contributed by atoms with Crippen LogP contribution in [0.15, 0.2) is 30.5 Å². The molecule has 3 saturated heterocycles. The van der Waals surface area contributed by atoms with Gasteiger partial charge in [0.1, 0.15) is 0 Å². The number of carbonyl (C=O) groups excluding carboxylic acids is 1. The molecule has 5 rings (SSSR count). The van der Waals surface area contributed by atoms with Crippen LogP contribution in [0.25, 0.3) is 0 Å². The van der Waals surface area contributed by atoms with Gasteiger partial charge in [0.2, 0.25) is 0 Å². The number of carbonyl (C=O) groups is 2. The third-order valence-corrected chi connectivity index (χ3v) is 8.99. The zero-order chi connectivity index (χ0) is 26.2. The molecule has 0 radical (unpaired) electrons. The molecule has 200 valence electrons. The average molecular weight is 508 g/mol. The number of anilines is 1. The maximum atomic E-state index is 13.0. The number of piperidine rings is 1. The van der Waals surface area contributed by atoms with Gasteiger partial charge in [0.25, 0.3) is 0 Å². The van der Waals surface area contributed by atoms with Crippen molar-refractivity contribution in [3.63, 3.8) is 0 Å². The monoisotopic (exact) mass is 507 g/mol. The van der Waals surface area contributed by atoms with E-state index in [2.05, 4.69) is 53.9 Å². The molecule has 1 amide bonds. The van der Waals surface area contributed by atoms with Crippen LogP contribution in [-0.4, -0.2) is 73.9 Å². The normalized spacial score (nSPS) is 23.8. The lowest BCUT2D eigenvalue weighted by Gasteiger charge is -2.45. The summed E-state index contributed by atoms with van der Waals surface area (Å²) in [6.07, 6.45) is 10.4. The van der Waals surface area contributed by atoms with E-state index in [0.29, 0.717) is 25.2 Å². The molecule has 2 atom stereocenters. The van der Waals surface area contributed by atoms with Gasteiger partial charge in [-0.05, 0) is 88.6 Å². The molecule has 1 N–H and O–H groups in total. The number of aromatic carboxylic acids is 1. The van der Waals surface area contributed by atoms with Crippen molar-refractivity contribution in [3.8, 4) is 0 Å². The van der Waals surface area contributed by atoms with Crippen LogP contribution in [0.4, 0.5) is 10.5 Å². The van der Waals surface area contributed by atoms with Gasteiger partial charge in [0.15, 0.2) is 5.69 Å². The van der Waals surface area contributed by atoms with Gasteiger partial charge in [-0.25, -0.2) is 9.59 Å². The van der Waals surface area contributed by atoms with Crippen LogP contribution in [0.3, 0.4) is 0 Å². The third-order valence-electron chi connectivity index (χ3n) is 8.99. The summed E-state index contributed by atoms with van der Waals surface area (Å²) in [4.78, 5) is 31.3. The van der Waals surface area contributed by atoms with E-state index in [9.17, 15) is 9.59 Å². The van der Waals surface area contributed by atoms with Crippen molar-refractivity contribution in [1.82, 2.24) is 19.6 Å². The predicted molar refractivity (Wildman–Crippen MR) is 144 cm³/mol. The minimum absolute atomic E-state index is 0.105. The first kappa shape index (κ1) is 25.8. The first-order chi connectivity index (χ1) is 17.8. The van der Waals surface area contributed by atoms with E-state index in [1.807, 2.05) is 4.90 Å². The summed E-state index contributed by atoms with van der Waals surface area (Å²) in [6, 6.07) is 9.42. The summed E-state index contributed by atoms with van der Waals surface area (Å²) in [7, 11) is 0. The molecule has 37 heavy (non-hydrogen) atoms. The minimum Gasteiger partial charge on any atom is -0.476 e. The fraction of sp³-hybridized carbons (Fsp3) is 0.621. The molecule has 1 aromatic heterocycles. The van der Waals surface area contributed by atoms with Gasteiger partial charge in [-0.2, -0.15) is 9.78 Å². The van der Waals surface area contributed by atoms with Crippen molar-refractivity contribution in [2.75, 3.05) is 24.5 Å². The molecule has 0 bridgehead atoms. The van der Waals surface area contributed by atoms with Gasteiger partial charge in [-0.15, -0.1) is 0 Å². The smallest absolute Gasteiger partial charge is 0.356 e. The van der Waals surface area contributed by atoms with Gasteiger partial charge < -0.3 is 14.9 Å². The number of carboxylic acid groups (broad SMARTS) is 1. The van der Waals surface area contributed by atoms with Crippen LogP contribution >= 0.6 is 0 Å². The molecule has 3 aliphatic heterocycles. The van der Waals surface area contributed by atoms with Crippen LogP contribution < -0.4 is 4.90 Å². The molecule has 2 unspecified atom stereocenters. The van der Waals surface area contributed by atoms with Crippen molar-refractivity contribution < 1.29 is 14.7 Å². The minimum atomic E-state index is -1.12. The number of carboxylic acids is 1. The lowest BCUT2D eigenvalue weighted by molar-refractivity contribution is 0.0585. The number of aryl methyl sites for hydroxylation is 1. The van der Waals surface area contributed by atoms with Crippen LogP contribution in [0, 0.1) is 0 Å². The molecule has 0 saturated carbocycles. The maximum Gasteiger partial charge on any atom is 0.356 e. The van der Waals surface area contributed by atoms with E-state index in [-0.39, 0.29) is 17.3 Å². The van der Waals surface area contributed by atoms with E-state index in [1.165, 1.54) is 54.8 Å². The largest absolute Gasteiger partial charge is 0.476 e. The molecule has 0 aliphatic carbocycles. The zero-order valence-electron chi connectivity index (χ0n) is 22.5. The molecule has 1 spiro atoms. The number of likely N-dealkylation sites (tertiary alicyclic amines) is 2. The van der Waals surface area contributed by atoms with Crippen LogP contribution in [0.2, 0.25) is 0 Å². The summed E-state index contributed by atoms with van der Waals surface area (Å²) in [5.41, 5.74) is 4.30. The average Bonchev–Trinajstić information content (AvgIpc) is 3.60. The van der Waals surface area contributed by atoms with Gasteiger partial charge in [-0.1, -0.05) is 25.5 Å². The van der Waals surface area contributed by atoms with Crippen LogP contribution in [-0.2, 0) is 13.0 Å². The Morgan fingerprint density at radius 1 is 1.05 bits per heavy atom. The lowest BCUT2D eigenvalue weighted by atomic mass is 9.84. The summed E-state index contributed by atoms with van der Waals surface area (Å²) in [5, 5.41) is 13.1. The van der Waals surface area contributed by atoms with Crippen LogP contribution in [0.1, 0.15) is 87.3 Å².